The Morgan fingerprint density at radius 3 is 2.58 bits per heavy atom. The van der Waals surface area contributed by atoms with Crippen molar-refractivity contribution in [1.29, 1.82) is 0 Å². The molecule has 138 valence electrons. The second kappa shape index (κ2) is 8.31. The first-order chi connectivity index (χ1) is 12.6. The van der Waals surface area contributed by atoms with E-state index in [-0.39, 0.29) is 17.7 Å². The quantitative estimate of drug-likeness (QED) is 0.843. The molecule has 0 unspecified atom stereocenters. The number of likely N-dealkylation sites (tertiary alicyclic amines) is 1. The van der Waals surface area contributed by atoms with E-state index in [1.165, 1.54) is 0 Å². The van der Waals surface area contributed by atoms with E-state index >= 15 is 0 Å². The van der Waals surface area contributed by atoms with Crippen LogP contribution in [0.4, 0.5) is 0 Å². The molecule has 2 N–H and O–H groups in total. The Balaban J connectivity index is 1.51. The van der Waals surface area contributed by atoms with Crippen molar-refractivity contribution in [1.82, 2.24) is 9.88 Å². The number of primary amides is 1. The van der Waals surface area contributed by atoms with Crippen molar-refractivity contribution < 1.29 is 14.3 Å². The topological polar surface area (TPSA) is 85.5 Å². The van der Waals surface area contributed by atoms with Gasteiger partial charge in [-0.25, -0.2) is 4.98 Å². The lowest BCUT2D eigenvalue weighted by atomic mass is 9.96. The Bertz CT molecular complexity index is 765. The summed E-state index contributed by atoms with van der Waals surface area (Å²) in [5, 5.41) is 2.97. The number of rotatable bonds is 6. The van der Waals surface area contributed by atoms with Crippen molar-refractivity contribution in [3.05, 3.63) is 34.7 Å². The molecular formula is C19H23N3O3S. The predicted molar refractivity (Wildman–Crippen MR) is 101 cm³/mol. The zero-order valence-corrected chi connectivity index (χ0v) is 15.6. The SMILES string of the molecule is COc1ccc(-c2csc(CCC(=O)N3CCC(C(N)=O)CC3)n2)cc1. The number of carbonyl (C=O) groups is 2. The minimum atomic E-state index is -0.258. The van der Waals surface area contributed by atoms with E-state index in [0.717, 1.165) is 22.0 Å². The smallest absolute Gasteiger partial charge is 0.222 e. The molecule has 2 amide bonds. The highest BCUT2D eigenvalue weighted by Gasteiger charge is 2.25. The van der Waals surface area contributed by atoms with Crippen molar-refractivity contribution in [2.75, 3.05) is 20.2 Å². The van der Waals surface area contributed by atoms with Crippen molar-refractivity contribution in [2.45, 2.75) is 25.7 Å². The van der Waals surface area contributed by atoms with Crippen LogP contribution in [-0.2, 0) is 16.0 Å². The van der Waals surface area contributed by atoms with E-state index in [9.17, 15) is 9.59 Å². The Labute approximate surface area is 157 Å². The molecule has 7 heteroatoms. The lowest BCUT2D eigenvalue weighted by Crippen LogP contribution is -2.41. The van der Waals surface area contributed by atoms with Crippen LogP contribution in [0.1, 0.15) is 24.3 Å². The third kappa shape index (κ3) is 4.40. The largest absolute Gasteiger partial charge is 0.497 e. The van der Waals surface area contributed by atoms with Crippen LogP contribution < -0.4 is 10.5 Å². The number of ether oxygens (including phenoxy) is 1. The molecule has 2 aromatic rings. The van der Waals surface area contributed by atoms with Crippen LogP contribution in [-0.4, -0.2) is 41.9 Å². The average Bonchev–Trinajstić information content (AvgIpc) is 3.15. The molecule has 3 rings (SSSR count). The fourth-order valence-electron chi connectivity index (χ4n) is 3.11. The summed E-state index contributed by atoms with van der Waals surface area (Å²) < 4.78 is 5.17. The van der Waals surface area contributed by atoms with Crippen molar-refractivity contribution >= 4 is 23.2 Å². The summed E-state index contributed by atoms with van der Waals surface area (Å²) in [5.41, 5.74) is 7.29. The van der Waals surface area contributed by atoms with E-state index in [1.54, 1.807) is 18.4 Å². The molecule has 0 bridgehead atoms. The zero-order valence-electron chi connectivity index (χ0n) is 14.8. The summed E-state index contributed by atoms with van der Waals surface area (Å²) in [6.07, 6.45) is 2.41. The van der Waals surface area contributed by atoms with E-state index in [1.807, 2.05) is 34.5 Å². The van der Waals surface area contributed by atoms with Gasteiger partial charge < -0.3 is 15.4 Å². The Morgan fingerprint density at radius 1 is 1.27 bits per heavy atom. The summed E-state index contributed by atoms with van der Waals surface area (Å²) in [7, 11) is 1.64. The van der Waals surface area contributed by atoms with E-state index < -0.39 is 0 Å². The minimum absolute atomic E-state index is 0.0925. The number of hydrogen-bond donors (Lipinski definition) is 1. The first kappa shape index (κ1) is 18.4. The van der Waals surface area contributed by atoms with Gasteiger partial charge in [0, 0.05) is 42.8 Å². The van der Waals surface area contributed by atoms with Gasteiger partial charge in [-0.3, -0.25) is 9.59 Å². The predicted octanol–water partition coefficient (Wildman–Crippen LogP) is 2.48. The number of aromatic nitrogens is 1. The van der Waals surface area contributed by atoms with Crippen LogP contribution in [0, 0.1) is 5.92 Å². The molecule has 1 saturated heterocycles. The number of methoxy groups -OCH3 is 1. The second-order valence-corrected chi connectivity index (χ2v) is 7.36. The summed E-state index contributed by atoms with van der Waals surface area (Å²) >= 11 is 1.57. The number of piperidine rings is 1. The summed E-state index contributed by atoms with van der Waals surface area (Å²) in [4.78, 5) is 30.0. The third-order valence-electron chi connectivity index (χ3n) is 4.74. The molecule has 0 saturated carbocycles. The molecule has 0 aliphatic carbocycles. The number of hydrogen-bond acceptors (Lipinski definition) is 5. The first-order valence-electron chi connectivity index (χ1n) is 8.72. The number of benzene rings is 1. The molecule has 1 aromatic carbocycles. The van der Waals surface area contributed by atoms with Crippen LogP contribution in [0.25, 0.3) is 11.3 Å². The van der Waals surface area contributed by atoms with E-state index in [4.69, 9.17) is 10.5 Å². The monoisotopic (exact) mass is 373 g/mol. The maximum absolute atomic E-state index is 12.4. The Kier molecular flexibility index (Phi) is 5.88. The minimum Gasteiger partial charge on any atom is -0.497 e. The molecule has 26 heavy (non-hydrogen) atoms. The van der Waals surface area contributed by atoms with Crippen LogP contribution in [0.3, 0.4) is 0 Å². The summed E-state index contributed by atoms with van der Waals surface area (Å²) in [6.45, 7) is 1.23. The number of nitrogens with zero attached hydrogens (tertiary/aromatic N) is 2. The van der Waals surface area contributed by atoms with Crippen LogP contribution >= 0.6 is 11.3 Å². The molecule has 6 nitrogen and oxygen atoms in total. The lowest BCUT2D eigenvalue weighted by molar-refractivity contribution is -0.134. The maximum Gasteiger partial charge on any atom is 0.222 e. The van der Waals surface area contributed by atoms with Gasteiger partial charge in [-0.1, -0.05) is 0 Å². The average molecular weight is 373 g/mol. The molecule has 1 aliphatic rings. The van der Waals surface area contributed by atoms with Crippen LogP contribution in [0.5, 0.6) is 5.75 Å². The third-order valence-corrected chi connectivity index (χ3v) is 5.65. The number of aryl methyl sites for hydroxylation is 1. The van der Waals surface area contributed by atoms with Gasteiger partial charge >= 0.3 is 0 Å². The second-order valence-electron chi connectivity index (χ2n) is 6.41. The first-order valence-corrected chi connectivity index (χ1v) is 9.60. The highest BCUT2D eigenvalue weighted by atomic mass is 32.1. The fraction of sp³-hybridized carbons (Fsp3) is 0.421. The molecule has 0 atom stereocenters. The molecular weight excluding hydrogens is 350 g/mol. The van der Waals surface area contributed by atoms with E-state index in [0.29, 0.717) is 38.8 Å². The number of nitrogens with two attached hydrogens (primary N) is 1. The highest BCUT2D eigenvalue weighted by Crippen LogP contribution is 2.25. The number of amides is 2. The van der Waals surface area contributed by atoms with Gasteiger partial charge in [-0.15, -0.1) is 11.3 Å². The van der Waals surface area contributed by atoms with Gasteiger partial charge in [-0.2, -0.15) is 0 Å². The molecule has 1 fully saturated rings. The standard InChI is InChI=1S/C19H23N3O3S/c1-25-15-4-2-13(3-5-15)16-12-26-17(21-16)6-7-18(23)22-10-8-14(9-11-22)19(20)24/h2-5,12,14H,6-11H2,1H3,(H2,20,24). The fourth-order valence-corrected chi connectivity index (χ4v) is 3.91. The summed E-state index contributed by atoms with van der Waals surface area (Å²) in [5.74, 6) is 0.583. The van der Waals surface area contributed by atoms with Gasteiger partial charge in [0.25, 0.3) is 0 Å². The number of carbonyl (C=O) groups excluding carboxylic acids is 2. The van der Waals surface area contributed by atoms with Gasteiger partial charge in [0.05, 0.1) is 17.8 Å². The van der Waals surface area contributed by atoms with E-state index in [2.05, 4.69) is 4.98 Å². The molecule has 0 radical (unpaired) electrons. The zero-order chi connectivity index (χ0) is 18.5. The Hall–Kier alpha value is -2.41. The van der Waals surface area contributed by atoms with Crippen molar-refractivity contribution in [2.24, 2.45) is 11.7 Å². The van der Waals surface area contributed by atoms with Gasteiger partial charge in [-0.05, 0) is 37.1 Å². The molecule has 1 aliphatic heterocycles. The number of thiazole rings is 1. The molecule has 1 aromatic heterocycles. The van der Waals surface area contributed by atoms with Crippen LogP contribution in [0.15, 0.2) is 29.6 Å². The van der Waals surface area contributed by atoms with Gasteiger partial charge in [0.15, 0.2) is 0 Å². The van der Waals surface area contributed by atoms with Crippen LogP contribution in [0.2, 0.25) is 0 Å². The van der Waals surface area contributed by atoms with Crippen molar-refractivity contribution in [3.63, 3.8) is 0 Å². The van der Waals surface area contributed by atoms with Gasteiger partial charge in [0.1, 0.15) is 5.75 Å². The Morgan fingerprint density at radius 2 is 1.96 bits per heavy atom. The molecule has 2 heterocycles. The maximum atomic E-state index is 12.4. The molecule has 0 spiro atoms. The van der Waals surface area contributed by atoms with Gasteiger partial charge in [0.2, 0.25) is 11.8 Å². The normalized spacial score (nSPS) is 15.0. The van der Waals surface area contributed by atoms with Crippen molar-refractivity contribution in [3.8, 4) is 17.0 Å². The summed E-state index contributed by atoms with van der Waals surface area (Å²) in [6, 6.07) is 7.78. The highest BCUT2D eigenvalue weighted by molar-refractivity contribution is 7.09. The lowest BCUT2D eigenvalue weighted by Gasteiger charge is -2.30.